The summed E-state index contributed by atoms with van der Waals surface area (Å²) in [5.74, 6) is -0.892. The average molecular weight is 404 g/mol. The van der Waals surface area contributed by atoms with E-state index in [2.05, 4.69) is 4.98 Å². The van der Waals surface area contributed by atoms with E-state index in [1.54, 1.807) is 29.2 Å². The van der Waals surface area contributed by atoms with Gasteiger partial charge in [-0.1, -0.05) is 37.3 Å². The van der Waals surface area contributed by atoms with Gasteiger partial charge in [-0.2, -0.15) is 0 Å². The van der Waals surface area contributed by atoms with Crippen molar-refractivity contribution in [3.8, 4) is 5.75 Å². The van der Waals surface area contributed by atoms with Crippen LogP contribution < -0.4 is 4.74 Å². The largest absolute Gasteiger partial charge is 0.507 e. The molecule has 30 heavy (non-hydrogen) atoms. The van der Waals surface area contributed by atoms with Crippen LogP contribution in [0.15, 0.2) is 54.1 Å². The first-order valence-electron chi connectivity index (χ1n) is 9.98. The maximum atomic E-state index is 13.1. The van der Waals surface area contributed by atoms with Crippen molar-refractivity contribution in [3.63, 3.8) is 0 Å². The van der Waals surface area contributed by atoms with E-state index in [4.69, 9.17) is 4.74 Å². The number of aryl methyl sites for hydroxylation is 1. The Morgan fingerprint density at radius 1 is 1.17 bits per heavy atom. The Balaban J connectivity index is 1.98. The van der Waals surface area contributed by atoms with E-state index in [9.17, 15) is 14.7 Å². The van der Waals surface area contributed by atoms with E-state index in [0.29, 0.717) is 24.3 Å². The lowest BCUT2D eigenvalue weighted by molar-refractivity contribution is -0.139. The number of aliphatic hydroxyl groups excluding tert-OH is 1. The first-order valence-corrected chi connectivity index (χ1v) is 9.98. The van der Waals surface area contributed by atoms with E-state index >= 15 is 0 Å². The van der Waals surface area contributed by atoms with Gasteiger partial charge in [0.2, 0.25) is 0 Å². The summed E-state index contributed by atoms with van der Waals surface area (Å²) in [5.41, 5.74) is 3.16. The summed E-state index contributed by atoms with van der Waals surface area (Å²) >= 11 is 0. The predicted molar refractivity (Wildman–Crippen MR) is 115 cm³/mol. The Bertz CT molecular complexity index is 1170. The Morgan fingerprint density at radius 2 is 1.93 bits per heavy atom. The fourth-order valence-corrected chi connectivity index (χ4v) is 4.23. The molecule has 1 aliphatic heterocycles. The minimum absolute atomic E-state index is 0.106. The molecular weight excluding hydrogens is 380 g/mol. The average Bonchev–Trinajstić information content (AvgIpc) is 3.21. The van der Waals surface area contributed by atoms with Crippen molar-refractivity contribution in [3.05, 3.63) is 70.9 Å². The first kappa shape index (κ1) is 19.8. The van der Waals surface area contributed by atoms with Crippen molar-refractivity contribution in [2.24, 2.45) is 0 Å². The lowest BCUT2D eigenvalue weighted by Crippen LogP contribution is -2.30. The van der Waals surface area contributed by atoms with Crippen LogP contribution in [0.2, 0.25) is 0 Å². The number of ketones is 1. The number of nitrogens with zero attached hydrogens (tertiary/aromatic N) is 1. The molecule has 1 atom stereocenters. The topological polar surface area (TPSA) is 82.6 Å². The highest BCUT2D eigenvalue weighted by molar-refractivity contribution is 6.46. The molecule has 2 N–H and O–H groups in total. The minimum atomic E-state index is -0.668. The third-order valence-corrected chi connectivity index (χ3v) is 5.56. The van der Waals surface area contributed by atoms with Crippen LogP contribution in [-0.2, 0) is 9.59 Å². The number of rotatable bonds is 5. The number of fused-ring (bicyclic) bond motifs is 1. The van der Waals surface area contributed by atoms with E-state index in [1.807, 2.05) is 38.1 Å². The molecule has 4 rings (SSSR count). The van der Waals surface area contributed by atoms with Crippen LogP contribution in [0, 0.1) is 6.92 Å². The highest BCUT2D eigenvalue weighted by Gasteiger charge is 2.47. The number of likely N-dealkylation sites (tertiary alicyclic amines) is 1. The van der Waals surface area contributed by atoms with Gasteiger partial charge in [0.1, 0.15) is 11.5 Å². The summed E-state index contributed by atoms with van der Waals surface area (Å²) in [4.78, 5) is 30.9. The molecule has 1 saturated heterocycles. The summed E-state index contributed by atoms with van der Waals surface area (Å²) < 4.78 is 5.25. The van der Waals surface area contributed by atoms with Crippen LogP contribution in [-0.4, -0.2) is 40.3 Å². The lowest BCUT2D eigenvalue weighted by atomic mass is 9.93. The van der Waals surface area contributed by atoms with Crippen LogP contribution in [0.5, 0.6) is 5.75 Å². The van der Waals surface area contributed by atoms with Gasteiger partial charge in [-0.25, -0.2) is 0 Å². The number of amides is 1. The van der Waals surface area contributed by atoms with Crippen LogP contribution in [0.25, 0.3) is 16.7 Å². The maximum absolute atomic E-state index is 13.1. The van der Waals surface area contributed by atoms with Crippen molar-refractivity contribution >= 4 is 28.4 Å². The molecule has 154 valence electrons. The van der Waals surface area contributed by atoms with Gasteiger partial charge < -0.3 is 19.7 Å². The minimum Gasteiger partial charge on any atom is -0.507 e. The molecule has 1 amide bonds. The van der Waals surface area contributed by atoms with Crippen LogP contribution in [0.1, 0.15) is 36.2 Å². The molecule has 1 aromatic heterocycles. The fourth-order valence-electron chi connectivity index (χ4n) is 4.23. The van der Waals surface area contributed by atoms with Gasteiger partial charge in [0.15, 0.2) is 0 Å². The van der Waals surface area contributed by atoms with Gasteiger partial charge in [-0.05, 0) is 31.5 Å². The second-order valence-corrected chi connectivity index (χ2v) is 7.43. The number of Topliss-reactive ketones (excluding diaryl/α,β-unsaturated/α-hetero) is 1. The molecule has 1 fully saturated rings. The molecule has 1 unspecified atom stereocenters. The zero-order valence-corrected chi connectivity index (χ0v) is 17.2. The third-order valence-electron chi connectivity index (χ3n) is 5.56. The monoisotopic (exact) mass is 404 g/mol. The molecule has 2 aromatic carbocycles. The third kappa shape index (κ3) is 3.05. The smallest absolute Gasteiger partial charge is 0.295 e. The number of hydrogen-bond donors (Lipinski definition) is 2. The molecule has 0 radical (unpaired) electrons. The molecule has 6 heteroatoms. The highest BCUT2D eigenvalue weighted by atomic mass is 16.5. The Kier molecular flexibility index (Phi) is 5.08. The number of aromatic amines is 1. The second-order valence-electron chi connectivity index (χ2n) is 7.43. The maximum Gasteiger partial charge on any atom is 0.295 e. The number of aliphatic hydroxyl groups is 1. The molecule has 2 heterocycles. The number of ether oxygens (including phenoxy) is 1. The van der Waals surface area contributed by atoms with Gasteiger partial charge in [0.05, 0.1) is 18.7 Å². The number of aromatic nitrogens is 1. The Labute approximate surface area is 174 Å². The fraction of sp³-hybridized carbons (Fsp3) is 0.250. The van der Waals surface area contributed by atoms with Gasteiger partial charge in [-0.15, -0.1) is 0 Å². The summed E-state index contributed by atoms with van der Waals surface area (Å²) in [6, 6.07) is 14.0. The second kappa shape index (κ2) is 7.71. The summed E-state index contributed by atoms with van der Waals surface area (Å²) in [7, 11) is 1.54. The Morgan fingerprint density at radius 3 is 2.67 bits per heavy atom. The van der Waals surface area contributed by atoms with E-state index in [1.165, 1.54) is 7.11 Å². The van der Waals surface area contributed by atoms with Crippen LogP contribution in [0.3, 0.4) is 0 Å². The predicted octanol–water partition coefficient (Wildman–Crippen LogP) is 4.32. The number of carbonyl (C=O) groups excluding carboxylic acids is 2. The Hall–Kier alpha value is -3.54. The number of nitrogens with one attached hydrogen (secondary N) is 1. The van der Waals surface area contributed by atoms with Crippen molar-refractivity contribution in [1.29, 1.82) is 0 Å². The number of methoxy groups -OCH3 is 1. The normalized spacial score (nSPS) is 18.4. The number of para-hydroxylation sites is 1. The molecule has 3 aromatic rings. The van der Waals surface area contributed by atoms with Crippen molar-refractivity contribution in [2.45, 2.75) is 26.3 Å². The lowest BCUT2D eigenvalue weighted by Gasteiger charge is -2.25. The van der Waals surface area contributed by atoms with E-state index < -0.39 is 17.7 Å². The standard InChI is InChI=1S/C24H24N2O4/c1-4-12-26-21(19-14(2)25-18-11-6-5-10-17(18)19)20(23(28)24(26)29)22(27)15-8-7-9-16(13-15)30-3/h5-11,13,21,25,27H,4,12H2,1-3H3/b22-20+. The molecule has 0 saturated carbocycles. The molecule has 1 aliphatic rings. The molecule has 0 aliphatic carbocycles. The van der Waals surface area contributed by atoms with Gasteiger partial charge >= 0.3 is 0 Å². The molecule has 0 spiro atoms. The number of H-pyrrole nitrogens is 1. The number of hydrogen-bond acceptors (Lipinski definition) is 4. The molecule has 6 nitrogen and oxygen atoms in total. The quantitative estimate of drug-likeness (QED) is 0.377. The summed E-state index contributed by atoms with van der Waals surface area (Å²) in [6.45, 7) is 4.30. The zero-order chi connectivity index (χ0) is 21.4. The van der Waals surface area contributed by atoms with E-state index in [-0.39, 0.29) is 11.3 Å². The SMILES string of the molecule is CCCN1C(=O)C(=O)/C(=C(/O)c2cccc(OC)c2)C1c1c(C)[nH]c2ccccc12. The number of carbonyl (C=O) groups is 2. The van der Waals surface area contributed by atoms with Gasteiger partial charge in [-0.3, -0.25) is 9.59 Å². The van der Waals surface area contributed by atoms with Crippen LogP contribution >= 0.6 is 0 Å². The summed E-state index contributed by atoms with van der Waals surface area (Å²) in [6.07, 6.45) is 0.699. The number of benzene rings is 2. The van der Waals surface area contributed by atoms with Crippen molar-refractivity contribution in [2.75, 3.05) is 13.7 Å². The first-order chi connectivity index (χ1) is 14.5. The van der Waals surface area contributed by atoms with Gasteiger partial charge in [0, 0.05) is 34.3 Å². The van der Waals surface area contributed by atoms with Crippen LogP contribution in [0.4, 0.5) is 0 Å². The van der Waals surface area contributed by atoms with Crippen molar-refractivity contribution < 1.29 is 19.4 Å². The molecule has 0 bridgehead atoms. The van der Waals surface area contributed by atoms with Crippen molar-refractivity contribution in [1.82, 2.24) is 9.88 Å². The zero-order valence-electron chi connectivity index (χ0n) is 17.2. The summed E-state index contributed by atoms with van der Waals surface area (Å²) in [5, 5.41) is 12.1. The highest BCUT2D eigenvalue weighted by Crippen LogP contribution is 2.43. The van der Waals surface area contributed by atoms with Gasteiger partial charge in [0.25, 0.3) is 11.7 Å². The molecular formula is C24H24N2O4. The van der Waals surface area contributed by atoms with E-state index in [0.717, 1.165) is 22.2 Å².